The summed E-state index contributed by atoms with van der Waals surface area (Å²) in [5.41, 5.74) is 6.21. The Morgan fingerprint density at radius 3 is 2.62 bits per heavy atom. The summed E-state index contributed by atoms with van der Waals surface area (Å²) in [6, 6.07) is 7.62. The number of nitrogens with one attached hydrogen (secondary N) is 2. The van der Waals surface area contributed by atoms with E-state index in [2.05, 4.69) is 15.6 Å². The van der Waals surface area contributed by atoms with Crippen LogP contribution in [0.3, 0.4) is 0 Å². The first-order chi connectivity index (χ1) is 11.7. The number of nitrogens with two attached hydrogens (primary N) is 1. The van der Waals surface area contributed by atoms with E-state index in [-0.39, 0.29) is 6.61 Å². The van der Waals surface area contributed by atoms with Gasteiger partial charge in [0.1, 0.15) is 5.75 Å². The number of ether oxygens (including phenoxy) is 2. The first-order valence-electron chi connectivity index (χ1n) is 8.17. The molecule has 24 heavy (non-hydrogen) atoms. The topological polar surface area (TPSA) is 98.0 Å². The minimum absolute atomic E-state index is 0.105. The Bertz CT molecular complexity index is 503. The maximum atomic E-state index is 10.7. The molecule has 0 aliphatic rings. The van der Waals surface area contributed by atoms with Crippen molar-refractivity contribution in [3.05, 3.63) is 29.8 Å². The molecule has 134 valence electrons. The average molecular weight is 336 g/mol. The van der Waals surface area contributed by atoms with Gasteiger partial charge in [-0.25, -0.2) is 0 Å². The first-order valence-corrected chi connectivity index (χ1v) is 8.17. The van der Waals surface area contributed by atoms with Gasteiger partial charge in [-0.3, -0.25) is 9.79 Å². The molecule has 7 nitrogen and oxygen atoms in total. The molecule has 0 atom stereocenters. The molecule has 1 aromatic rings. The summed E-state index contributed by atoms with van der Waals surface area (Å²) in [7, 11) is 1.69. The number of nitrogens with zero attached hydrogens (tertiary/aromatic N) is 1. The highest BCUT2D eigenvalue weighted by Gasteiger charge is 2.00. The number of guanidine groups is 1. The number of primary amides is 1. The summed E-state index contributed by atoms with van der Waals surface area (Å²) in [4.78, 5) is 15.2. The van der Waals surface area contributed by atoms with E-state index >= 15 is 0 Å². The summed E-state index contributed by atoms with van der Waals surface area (Å²) in [5.74, 6) is 0.970. The summed E-state index contributed by atoms with van der Waals surface area (Å²) in [6.45, 7) is 4.98. The third-order valence-electron chi connectivity index (χ3n) is 3.13. The number of hydrogen-bond donors (Lipinski definition) is 3. The van der Waals surface area contributed by atoms with E-state index in [1.165, 1.54) is 5.56 Å². The summed E-state index contributed by atoms with van der Waals surface area (Å²) < 4.78 is 10.2. The molecule has 0 aliphatic carbocycles. The number of rotatable bonds is 11. The summed E-state index contributed by atoms with van der Waals surface area (Å²) in [6.07, 6.45) is 1.76. The highest BCUT2D eigenvalue weighted by molar-refractivity contribution is 5.79. The Hall–Kier alpha value is -2.28. The molecule has 4 N–H and O–H groups in total. The fourth-order valence-corrected chi connectivity index (χ4v) is 1.97. The van der Waals surface area contributed by atoms with Crippen molar-refractivity contribution in [1.82, 2.24) is 10.6 Å². The molecular formula is C17H28N4O3. The predicted octanol–water partition coefficient (Wildman–Crippen LogP) is 0.685. The van der Waals surface area contributed by atoms with Crippen LogP contribution in [0.2, 0.25) is 0 Å². The van der Waals surface area contributed by atoms with Crippen molar-refractivity contribution in [2.75, 3.05) is 40.0 Å². The van der Waals surface area contributed by atoms with E-state index in [1.54, 1.807) is 7.11 Å². The Balaban J connectivity index is 2.36. The van der Waals surface area contributed by atoms with Crippen molar-refractivity contribution in [2.24, 2.45) is 10.7 Å². The minimum atomic E-state index is -0.482. The molecule has 0 heterocycles. The van der Waals surface area contributed by atoms with Crippen LogP contribution in [0.4, 0.5) is 0 Å². The molecule has 1 rings (SSSR count). The van der Waals surface area contributed by atoms with Crippen LogP contribution >= 0.6 is 0 Å². The molecule has 0 radical (unpaired) electrons. The maximum absolute atomic E-state index is 10.7. The maximum Gasteiger partial charge on any atom is 0.255 e. The molecule has 1 amide bonds. The van der Waals surface area contributed by atoms with Gasteiger partial charge < -0.3 is 25.8 Å². The van der Waals surface area contributed by atoms with Crippen LogP contribution in [0.15, 0.2) is 29.3 Å². The smallest absolute Gasteiger partial charge is 0.255 e. The van der Waals surface area contributed by atoms with E-state index in [4.69, 9.17) is 15.2 Å². The quantitative estimate of drug-likeness (QED) is 0.314. The minimum Gasteiger partial charge on any atom is -0.484 e. The lowest BCUT2D eigenvalue weighted by atomic mass is 10.1. The van der Waals surface area contributed by atoms with E-state index < -0.39 is 5.91 Å². The van der Waals surface area contributed by atoms with Crippen molar-refractivity contribution in [3.8, 4) is 5.75 Å². The van der Waals surface area contributed by atoms with Gasteiger partial charge in [0, 0.05) is 33.4 Å². The van der Waals surface area contributed by atoms with E-state index in [0.29, 0.717) is 12.4 Å². The Kier molecular flexibility index (Phi) is 10.0. The van der Waals surface area contributed by atoms with Crippen LogP contribution in [0.1, 0.15) is 18.9 Å². The normalized spacial score (nSPS) is 11.2. The molecule has 0 aliphatic heterocycles. The van der Waals surface area contributed by atoms with Gasteiger partial charge in [-0.1, -0.05) is 12.1 Å². The fourth-order valence-electron chi connectivity index (χ4n) is 1.97. The molecule has 0 fully saturated rings. The van der Waals surface area contributed by atoms with Gasteiger partial charge in [-0.05, 0) is 37.5 Å². The molecule has 0 spiro atoms. The van der Waals surface area contributed by atoms with E-state index in [9.17, 15) is 4.79 Å². The number of methoxy groups -OCH3 is 1. The Morgan fingerprint density at radius 1 is 1.25 bits per heavy atom. The number of carbonyl (C=O) groups excluding carboxylic acids is 1. The fraction of sp³-hybridized carbons (Fsp3) is 0.529. The molecule has 0 aromatic heterocycles. The summed E-state index contributed by atoms with van der Waals surface area (Å²) >= 11 is 0. The second kappa shape index (κ2) is 12.2. The summed E-state index contributed by atoms with van der Waals surface area (Å²) in [5, 5.41) is 6.52. The zero-order valence-electron chi connectivity index (χ0n) is 14.5. The van der Waals surface area contributed by atoms with Crippen molar-refractivity contribution >= 4 is 11.9 Å². The lowest BCUT2D eigenvalue weighted by Gasteiger charge is -2.11. The first kappa shape index (κ1) is 19.8. The van der Waals surface area contributed by atoms with Gasteiger partial charge >= 0.3 is 0 Å². The third-order valence-corrected chi connectivity index (χ3v) is 3.13. The molecule has 0 bridgehead atoms. The van der Waals surface area contributed by atoms with Crippen molar-refractivity contribution in [1.29, 1.82) is 0 Å². The molecule has 1 aromatic carbocycles. The van der Waals surface area contributed by atoms with E-state index in [1.807, 2.05) is 31.2 Å². The lowest BCUT2D eigenvalue weighted by molar-refractivity contribution is -0.119. The number of hydrogen-bond acceptors (Lipinski definition) is 4. The third kappa shape index (κ3) is 8.99. The molecule has 0 unspecified atom stereocenters. The van der Waals surface area contributed by atoms with Crippen LogP contribution in [-0.2, 0) is 16.0 Å². The number of amides is 1. The Labute approximate surface area is 143 Å². The van der Waals surface area contributed by atoms with Crippen LogP contribution < -0.4 is 21.1 Å². The van der Waals surface area contributed by atoms with Gasteiger partial charge in [-0.2, -0.15) is 0 Å². The SMILES string of the molecule is CCNC(=NCCCOC)NCCc1ccc(OCC(N)=O)cc1. The largest absolute Gasteiger partial charge is 0.484 e. The van der Waals surface area contributed by atoms with Crippen LogP contribution in [0, 0.1) is 0 Å². The zero-order valence-corrected chi connectivity index (χ0v) is 14.5. The molecule has 7 heteroatoms. The van der Waals surface area contributed by atoms with Crippen molar-refractivity contribution in [3.63, 3.8) is 0 Å². The van der Waals surface area contributed by atoms with Gasteiger partial charge in [-0.15, -0.1) is 0 Å². The van der Waals surface area contributed by atoms with Crippen LogP contribution in [-0.4, -0.2) is 51.8 Å². The highest BCUT2D eigenvalue weighted by atomic mass is 16.5. The van der Waals surface area contributed by atoms with Crippen molar-refractivity contribution in [2.45, 2.75) is 19.8 Å². The molecule has 0 saturated carbocycles. The second-order valence-corrected chi connectivity index (χ2v) is 5.18. The monoisotopic (exact) mass is 336 g/mol. The second-order valence-electron chi connectivity index (χ2n) is 5.18. The van der Waals surface area contributed by atoms with Gasteiger partial charge in [0.05, 0.1) is 0 Å². The zero-order chi connectivity index (χ0) is 17.6. The van der Waals surface area contributed by atoms with Crippen LogP contribution in [0.25, 0.3) is 0 Å². The molecule has 0 saturated heterocycles. The number of benzene rings is 1. The van der Waals surface area contributed by atoms with Crippen LogP contribution in [0.5, 0.6) is 5.75 Å². The standard InChI is InChI=1S/C17H28N4O3/c1-3-19-17(20-10-4-12-23-2)21-11-9-14-5-7-15(8-6-14)24-13-16(18)22/h5-8H,3-4,9-13H2,1-2H3,(H2,18,22)(H2,19,20,21). The van der Waals surface area contributed by atoms with E-state index in [0.717, 1.165) is 38.4 Å². The molecular weight excluding hydrogens is 308 g/mol. The van der Waals surface area contributed by atoms with Gasteiger partial charge in [0.25, 0.3) is 5.91 Å². The number of aliphatic imine (C=N–C) groups is 1. The van der Waals surface area contributed by atoms with Gasteiger partial charge in [0.15, 0.2) is 12.6 Å². The highest BCUT2D eigenvalue weighted by Crippen LogP contribution is 2.12. The average Bonchev–Trinajstić information content (AvgIpc) is 2.58. The lowest BCUT2D eigenvalue weighted by Crippen LogP contribution is -2.38. The number of carbonyl (C=O) groups is 1. The van der Waals surface area contributed by atoms with Gasteiger partial charge in [0.2, 0.25) is 0 Å². The Morgan fingerprint density at radius 2 is 2.00 bits per heavy atom. The predicted molar refractivity (Wildman–Crippen MR) is 95.3 cm³/mol. The van der Waals surface area contributed by atoms with Crippen molar-refractivity contribution < 1.29 is 14.3 Å².